The molecule has 3 N–H and O–H groups in total. The van der Waals surface area contributed by atoms with Gasteiger partial charge in [-0.3, -0.25) is 0 Å². The van der Waals surface area contributed by atoms with Crippen molar-refractivity contribution < 1.29 is 14.9 Å². The number of hydrogen-bond donors (Lipinski definition) is 3. The smallest absolute Gasteiger partial charge is 0.192 e. The van der Waals surface area contributed by atoms with Crippen molar-refractivity contribution in [2.24, 2.45) is 0 Å². The molecule has 0 aromatic heterocycles. The van der Waals surface area contributed by atoms with Crippen LogP contribution >= 0.6 is 0 Å². The van der Waals surface area contributed by atoms with Gasteiger partial charge in [0.05, 0.1) is 13.2 Å². The molecule has 0 bridgehead atoms. The zero-order chi connectivity index (χ0) is 8.55. The first-order chi connectivity index (χ1) is 5.77. The van der Waals surface area contributed by atoms with Gasteiger partial charge in [0.2, 0.25) is 0 Å². The summed E-state index contributed by atoms with van der Waals surface area (Å²) in [6.45, 7) is 1.09. The van der Waals surface area contributed by atoms with Gasteiger partial charge in [-0.1, -0.05) is 0 Å². The van der Waals surface area contributed by atoms with E-state index in [2.05, 4.69) is 5.32 Å². The third kappa shape index (κ3) is 1.19. The molecule has 1 unspecified atom stereocenters. The lowest BCUT2D eigenvalue weighted by atomic mass is 9.99. The molecule has 0 aromatic carbocycles. The Bertz CT molecular complexity index is 257. The first-order valence-corrected chi connectivity index (χ1v) is 3.93. The van der Waals surface area contributed by atoms with E-state index in [9.17, 15) is 10.2 Å². The second-order valence-electron chi connectivity index (χ2n) is 2.91. The monoisotopic (exact) mass is 169 g/mol. The number of aliphatic hydroxyl groups is 2. The van der Waals surface area contributed by atoms with Gasteiger partial charge < -0.3 is 20.3 Å². The summed E-state index contributed by atoms with van der Waals surface area (Å²) in [5.74, 6) is 0.0414. The van der Waals surface area contributed by atoms with Gasteiger partial charge in [0.25, 0.3) is 0 Å². The van der Waals surface area contributed by atoms with Gasteiger partial charge in [0.15, 0.2) is 5.88 Å². The largest absolute Gasteiger partial charge is 0.494 e. The molecule has 2 aliphatic rings. The maximum Gasteiger partial charge on any atom is 0.192 e. The van der Waals surface area contributed by atoms with Gasteiger partial charge >= 0.3 is 0 Å². The molecular formula is C8H11NO3. The summed E-state index contributed by atoms with van der Waals surface area (Å²) in [5.41, 5.74) is 1.76. The highest BCUT2D eigenvalue weighted by Crippen LogP contribution is 2.24. The Balaban J connectivity index is 2.30. The SMILES string of the molecule is OC1=C2COCCC2=CC(O)N1. The van der Waals surface area contributed by atoms with Crippen molar-refractivity contribution in [3.05, 3.63) is 23.1 Å². The number of aliphatic hydroxyl groups excluding tert-OH is 2. The highest BCUT2D eigenvalue weighted by Gasteiger charge is 2.22. The Hall–Kier alpha value is -1.00. The molecule has 0 aliphatic carbocycles. The van der Waals surface area contributed by atoms with Crippen LogP contribution in [0.2, 0.25) is 0 Å². The molecule has 0 radical (unpaired) electrons. The average molecular weight is 169 g/mol. The van der Waals surface area contributed by atoms with Crippen LogP contribution in [0.15, 0.2) is 23.1 Å². The van der Waals surface area contributed by atoms with E-state index in [1.807, 2.05) is 0 Å². The topological polar surface area (TPSA) is 61.7 Å². The lowest BCUT2D eigenvalue weighted by Gasteiger charge is -2.26. The quantitative estimate of drug-likeness (QED) is 0.478. The Morgan fingerprint density at radius 2 is 2.42 bits per heavy atom. The molecular weight excluding hydrogens is 158 g/mol. The minimum atomic E-state index is -0.762. The van der Waals surface area contributed by atoms with E-state index >= 15 is 0 Å². The third-order valence-electron chi connectivity index (χ3n) is 2.08. The van der Waals surface area contributed by atoms with E-state index in [-0.39, 0.29) is 5.88 Å². The van der Waals surface area contributed by atoms with Crippen molar-refractivity contribution in [2.75, 3.05) is 13.2 Å². The summed E-state index contributed by atoms with van der Waals surface area (Å²) >= 11 is 0. The normalized spacial score (nSPS) is 29.1. The summed E-state index contributed by atoms with van der Waals surface area (Å²) < 4.78 is 5.16. The predicted molar refractivity (Wildman–Crippen MR) is 42.3 cm³/mol. The van der Waals surface area contributed by atoms with Gasteiger partial charge in [0, 0.05) is 5.57 Å². The molecule has 4 heteroatoms. The van der Waals surface area contributed by atoms with Crippen LogP contribution in [-0.2, 0) is 4.74 Å². The first-order valence-electron chi connectivity index (χ1n) is 3.93. The van der Waals surface area contributed by atoms with Crippen molar-refractivity contribution in [3.8, 4) is 0 Å². The minimum absolute atomic E-state index is 0.0414. The van der Waals surface area contributed by atoms with Crippen LogP contribution in [0.4, 0.5) is 0 Å². The third-order valence-corrected chi connectivity index (χ3v) is 2.08. The molecule has 1 atom stereocenters. The zero-order valence-corrected chi connectivity index (χ0v) is 6.58. The number of hydrogen-bond acceptors (Lipinski definition) is 4. The predicted octanol–water partition coefficient (Wildman–Crippen LogP) is 0.0243. The van der Waals surface area contributed by atoms with Crippen LogP contribution in [0, 0.1) is 0 Å². The van der Waals surface area contributed by atoms with E-state index in [0.29, 0.717) is 13.2 Å². The Morgan fingerprint density at radius 3 is 3.25 bits per heavy atom. The van der Waals surface area contributed by atoms with E-state index in [0.717, 1.165) is 17.6 Å². The molecule has 2 heterocycles. The highest BCUT2D eigenvalue weighted by molar-refractivity contribution is 5.38. The zero-order valence-electron chi connectivity index (χ0n) is 6.58. The Labute approximate surface area is 70.2 Å². The molecule has 1 saturated heterocycles. The maximum atomic E-state index is 9.36. The van der Waals surface area contributed by atoms with Gasteiger partial charge in [-0.25, -0.2) is 0 Å². The fraction of sp³-hybridized carbons (Fsp3) is 0.500. The molecule has 1 fully saturated rings. The standard InChI is InChI=1S/C8H11NO3/c10-7-3-5-1-2-12-4-6(5)8(11)9-7/h3,7,9-11H,1-2,4H2. The highest BCUT2D eigenvalue weighted by atomic mass is 16.5. The molecule has 2 aliphatic heterocycles. The van der Waals surface area contributed by atoms with Crippen LogP contribution in [0.3, 0.4) is 0 Å². The van der Waals surface area contributed by atoms with Gasteiger partial charge in [-0.15, -0.1) is 0 Å². The first kappa shape index (κ1) is 7.64. The lowest BCUT2D eigenvalue weighted by molar-refractivity contribution is 0.123. The van der Waals surface area contributed by atoms with Crippen LogP contribution in [-0.4, -0.2) is 29.7 Å². The fourth-order valence-corrected chi connectivity index (χ4v) is 1.46. The maximum absolute atomic E-state index is 9.36. The van der Waals surface area contributed by atoms with Crippen molar-refractivity contribution in [2.45, 2.75) is 12.6 Å². The lowest BCUT2D eigenvalue weighted by Crippen LogP contribution is -2.33. The van der Waals surface area contributed by atoms with E-state index in [4.69, 9.17) is 4.74 Å². The van der Waals surface area contributed by atoms with E-state index in [1.165, 1.54) is 0 Å². The summed E-state index contributed by atoms with van der Waals surface area (Å²) in [6.07, 6.45) is 1.71. The van der Waals surface area contributed by atoms with Crippen molar-refractivity contribution >= 4 is 0 Å². The van der Waals surface area contributed by atoms with Crippen LogP contribution in [0.25, 0.3) is 0 Å². The molecule has 12 heavy (non-hydrogen) atoms. The molecule has 0 amide bonds. The van der Waals surface area contributed by atoms with Gasteiger partial charge in [-0.05, 0) is 18.1 Å². The number of nitrogens with one attached hydrogen (secondary N) is 1. The molecule has 0 aromatic rings. The summed E-state index contributed by atoms with van der Waals surface area (Å²) in [5, 5.41) is 21.1. The number of fused-ring (bicyclic) bond motifs is 1. The Morgan fingerprint density at radius 1 is 1.58 bits per heavy atom. The molecule has 4 nitrogen and oxygen atoms in total. The summed E-state index contributed by atoms with van der Waals surface area (Å²) in [7, 11) is 0. The second-order valence-corrected chi connectivity index (χ2v) is 2.91. The van der Waals surface area contributed by atoms with Crippen LogP contribution < -0.4 is 5.32 Å². The van der Waals surface area contributed by atoms with E-state index < -0.39 is 6.23 Å². The summed E-state index contributed by atoms with van der Waals surface area (Å²) in [6, 6.07) is 0. The van der Waals surface area contributed by atoms with Crippen molar-refractivity contribution in [1.29, 1.82) is 0 Å². The average Bonchev–Trinajstić information content (AvgIpc) is 2.04. The summed E-state index contributed by atoms with van der Waals surface area (Å²) in [4.78, 5) is 0. The molecule has 0 saturated carbocycles. The molecule has 2 rings (SSSR count). The second kappa shape index (κ2) is 2.80. The molecule has 0 spiro atoms. The fourth-order valence-electron chi connectivity index (χ4n) is 1.46. The van der Waals surface area contributed by atoms with Gasteiger partial charge in [-0.2, -0.15) is 0 Å². The number of ether oxygens (including phenoxy) is 1. The van der Waals surface area contributed by atoms with Crippen molar-refractivity contribution in [1.82, 2.24) is 5.32 Å². The van der Waals surface area contributed by atoms with E-state index in [1.54, 1.807) is 6.08 Å². The number of rotatable bonds is 0. The Kier molecular flexibility index (Phi) is 1.78. The van der Waals surface area contributed by atoms with Gasteiger partial charge in [0.1, 0.15) is 6.23 Å². The molecule has 66 valence electrons. The minimum Gasteiger partial charge on any atom is -0.494 e. The van der Waals surface area contributed by atoms with Crippen LogP contribution in [0.5, 0.6) is 0 Å². The van der Waals surface area contributed by atoms with Crippen molar-refractivity contribution in [3.63, 3.8) is 0 Å². The van der Waals surface area contributed by atoms with Crippen LogP contribution in [0.1, 0.15) is 6.42 Å². The number of dihydropyridines is 1.